The van der Waals surface area contributed by atoms with Crippen molar-refractivity contribution < 1.29 is 9.13 Å². The van der Waals surface area contributed by atoms with Gasteiger partial charge in [0.25, 0.3) is 0 Å². The lowest BCUT2D eigenvalue weighted by molar-refractivity contribution is 0.0830. The second-order valence-electron chi connectivity index (χ2n) is 4.45. The van der Waals surface area contributed by atoms with Crippen LogP contribution in [0.3, 0.4) is 0 Å². The van der Waals surface area contributed by atoms with Crippen LogP contribution in [0.25, 0.3) is 0 Å². The molecule has 0 aromatic heterocycles. The minimum atomic E-state index is -0.367. The molecule has 1 aromatic rings. The van der Waals surface area contributed by atoms with Gasteiger partial charge in [-0.1, -0.05) is 24.6 Å². The number of hydrogen-bond donors (Lipinski definition) is 1. The molecule has 1 N–H and O–H groups in total. The van der Waals surface area contributed by atoms with E-state index >= 15 is 0 Å². The van der Waals surface area contributed by atoms with Crippen LogP contribution >= 0.6 is 11.6 Å². The van der Waals surface area contributed by atoms with Crippen LogP contribution in [0.2, 0.25) is 5.02 Å². The van der Waals surface area contributed by atoms with Crippen molar-refractivity contribution in [3.8, 4) is 0 Å². The van der Waals surface area contributed by atoms with Crippen LogP contribution < -0.4 is 5.32 Å². The molecule has 0 fully saturated rings. The summed E-state index contributed by atoms with van der Waals surface area (Å²) in [6.45, 7) is 5.05. The summed E-state index contributed by atoms with van der Waals surface area (Å²) in [5.74, 6) is -0.367. The quantitative estimate of drug-likeness (QED) is 0.822. The van der Waals surface area contributed by atoms with Crippen molar-refractivity contribution in [2.75, 3.05) is 13.7 Å². The molecule has 4 heteroatoms. The molecule has 0 amide bonds. The van der Waals surface area contributed by atoms with Crippen molar-refractivity contribution >= 4 is 11.6 Å². The highest BCUT2D eigenvalue weighted by Crippen LogP contribution is 2.17. The molecule has 0 bridgehead atoms. The third-order valence-corrected chi connectivity index (χ3v) is 3.34. The second-order valence-corrected chi connectivity index (χ2v) is 4.86. The van der Waals surface area contributed by atoms with Gasteiger partial charge in [-0.2, -0.15) is 0 Å². The van der Waals surface area contributed by atoms with Gasteiger partial charge in [0.1, 0.15) is 5.82 Å². The molecule has 0 aliphatic carbocycles. The van der Waals surface area contributed by atoms with Gasteiger partial charge in [-0.3, -0.25) is 0 Å². The Hall–Kier alpha value is -0.640. The summed E-state index contributed by atoms with van der Waals surface area (Å²) in [5, 5.41) is 3.59. The molecule has 2 nitrogen and oxygen atoms in total. The third-order valence-electron chi connectivity index (χ3n) is 3.03. The smallest absolute Gasteiger partial charge is 0.142 e. The lowest BCUT2D eigenvalue weighted by Gasteiger charge is -2.24. The average molecular weight is 274 g/mol. The summed E-state index contributed by atoms with van der Waals surface area (Å²) in [7, 11) is 1.69. The molecule has 0 aliphatic rings. The third kappa shape index (κ3) is 4.56. The molecule has 0 spiro atoms. The Labute approximate surface area is 113 Å². The number of hydrogen-bond acceptors (Lipinski definition) is 2. The monoisotopic (exact) mass is 273 g/mol. The van der Waals surface area contributed by atoms with Crippen molar-refractivity contribution in [3.63, 3.8) is 0 Å². The molecular weight excluding hydrogens is 253 g/mol. The molecule has 0 saturated carbocycles. The van der Waals surface area contributed by atoms with Crippen LogP contribution in [-0.2, 0) is 11.2 Å². The van der Waals surface area contributed by atoms with Crippen LogP contribution in [0.4, 0.5) is 4.39 Å². The van der Waals surface area contributed by atoms with E-state index in [1.165, 1.54) is 6.07 Å². The number of benzene rings is 1. The van der Waals surface area contributed by atoms with E-state index in [1.807, 2.05) is 13.0 Å². The van der Waals surface area contributed by atoms with Crippen LogP contribution in [-0.4, -0.2) is 25.8 Å². The first kappa shape index (κ1) is 15.4. The van der Waals surface area contributed by atoms with Gasteiger partial charge in [0, 0.05) is 13.2 Å². The first-order chi connectivity index (χ1) is 8.58. The van der Waals surface area contributed by atoms with E-state index < -0.39 is 0 Å². The minimum absolute atomic E-state index is 0.0790. The molecule has 102 valence electrons. The lowest BCUT2D eigenvalue weighted by atomic mass is 10.0. The van der Waals surface area contributed by atoms with Crippen molar-refractivity contribution in [1.29, 1.82) is 0 Å². The Morgan fingerprint density at radius 1 is 1.44 bits per heavy atom. The van der Waals surface area contributed by atoms with Crippen molar-refractivity contribution in [1.82, 2.24) is 5.32 Å². The highest BCUT2D eigenvalue weighted by molar-refractivity contribution is 6.30. The van der Waals surface area contributed by atoms with E-state index in [9.17, 15) is 4.39 Å². The second kappa shape index (κ2) is 7.72. The van der Waals surface area contributed by atoms with Gasteiger partial charge in [0.15, 0.2) is 0 Å². The van der Waals surface area contributed by atoms with E-state index in [0.29, 0.717) is 0 Å². The molecule has 1 rings (SSSR count). The Balaban J connectivity index is 2.71. The maximum Gasteiger partial charge on any atom is 0.142 e. The van der Waals surface area contributed by atoms with Gasteiger partial charge >= 0.3 is 0 Å². The normalized spacial score (nSPS) is 14.5. The summed E-state index contributed by atoms with van der Waals surface area (Å²) in [4.78, 5) is 0. The van der Waals surface area contributed by atoms with Gasteiger partial charge in [-0.15, -0.1) is 0 Å². The van der Waals surface area contributed by atoms with Gasteiger partial charge in [-0.05, 0) is 44.0 Å². The first-order valence-electron chi connectivity index (χ1n) is 6.28. The van der Waals surface area contributed by atoms with Gasteiger partial charge in [-0.25, -0.2) is 4.39 Å². The van der Waals surface area contributed by atoms with E-state index in [4.69, 9.17) is 16.3 Å². The van der Waals surface area contributed by atoms with Crippen LogP contribution in [0.1, 0.15) is 25.8 Å². The van der Waals surface area contributed by atoms with Crippen LogP contribution in [0, 0.1) is 5.82 Å². The highest BCUT2D eigenvalue weighted by atomic mass is 35.5. The molecule has 1 aromatic carbocycles. The SMILES string of the molecule is CCCNC(Cc1ccc(Cl)c(F)c1)C(C)OC. The fourth-order valence-corrected chi connectivity index (χ4v) is 1.94. The zero-order valence-electron chi connectivity index (χ0n) is 11.2. The standard InChI is InChI=1S/C14H21ClFNO/c1-4-7-17-14(10(2)18-3)9-11-5-6-12(15)13(16)8-11/h5-6,8,10,14,17H,4,7,9H2,1-3H3. The first-order valence-corrected chi connectivity index (χ1v) is 6.66. The van der Waals surface area contributed by atoms with Gasteiger partial charge in [0.05, 0.1) is 11.1 Å². The summed E-state index contributed by atoms with van der Waals surface area (Å²) in [6.07, 6.45) is 1.86. The molecule has 0 saturated heterocycles. The number of nitrogens with one attached hydrogen (secondary N) is 1. The van der Waals surface area contributed by atoms with Crippen LogP contribution in [0.5, 0.6) is 0 Å². The fourth-order valence-electron chi connectivity index (χ4n) is 1.82. The Morgan fingerprint density at radius 3 is 2.72 bits per heavy atom. The van der Waals surface area contributed by atoms with Crippen molar-refractivity contribution in [2.24, 2.45) is 0 Å². The summed E-state index contributed by atoms with van der Waals surface area (Å²) in [6, 6.07) is 5.12. The molecule has 2 unspecified atom stereocenters. The zero-order chi connectivity index (χ0) is 13.5. The highest BCUT2D eigenvalue weighted by Gasteiger charge is 2.17. The molecule has 0 heterocycles. The molecule has 0 aliphatic heterocycles. The van der Waals surface area contributed by atoms with Gasteiger partial charge < -0.3 is 10.1 Å². The summed E-state index contributed by atoms with van der Waals surface area (Å²) >= 11 is 5.68. The maximum atomic E-state index is 13.4. The predicted molar refractivity (Wildman–Crippen MR) is 73.7 cm³/mol. The Kier molecular flexibility index (Phi) is 6.61. The number of ether oxygens (including phenoxy) is 1. The van der Waals surface area contributed by atoms with E-state index in [-0.39, 0.29) is 23.0 Å². The maximum absolute atomic E-state index is 13.4. The lowest BCUT2D eigenvalue weighted by Crippen LogP contribution is -2.41. The fraction of sp³-hybridized carbons (Fsp3) is 0.571. The molecule has 0 radical (unpaired) electrons. The molecular formula is C14H21ClFNO. The predicted octanol–water partition coefficient (Wildman–Crippen LogP) is 3.42. The largest absolute Gasteiger partial charge is 0.380 e. The zero-order valence-corrected chi connectivity index (χ0v) is 11.9. The van der Waals surface area contributed by atoms with E-state index in [1.54, 1.807) is 13.2 Å². The van der Waals surface area contributed by atoms with Crippen molar-refractivity contribution in [2.45, 2.75) is 38.8 Å². The minimum Gasteiger partial charge on any atom is -0.380 e. The topological polar surface area (TPSA) is 21.3 Å². The van der Waals surface area contributed by atoms with Crippen LogP contribution in [0.15, 0.2) is 18.2 Å². The van der Waals surface area contributed by atoms with Crippen molar-refractivity contribution in [3.05, 3.63) is 34.6 Å². The molecule has 18 heavy (non-hydrogen) atoms. The Morgan fingerprint density at radius 2 is 2.17 bits per heavy atom. The van der Waals surface area contributed by atoms with E-state index in [0.717, 1.165) is 24.9 Å². The van der Waals surface area contributed by atoms with E-state index in [2.05, 4.69) is 12.2 Å². The summed E-state index contributed by atoms with van der Waals surface area (Å²) in [5.41, 5.74) is 0.925. The summed E-state index contributed by atoms with van der Waals surface area (Å²) < 4.78 is 18.7. The average Bonchev–Trinajstić information content (AvgIpc) is 2.37. The van der Waals surface area contributed by atoms with Gasteiger partial charge in [0.2, 0.25) is 0 Å². The Bertz CT molecular complexity index is 373. The molecule has 2 atom stereocenters. The number of rotatable bonds is 7. The number of methoxy groups -OCH3 is 1. The number of halogens is 2.